The Morgan fingerprint density at radius 2 is 1.32 bits per heavy atom. The Kier molecular flexibility index (Phi) is 21.9. The molecule has 434 valence electrons. The molecule has 7 amide bonds. The highest BCUT2D eigenvalue weighted by Crippen LogP contribution is 2.25. The van der Waals surface area contributed by atoms with Gasteiger partial charge in [-0.05, 0) is 131 Å². The third-order valence-electron chi connectivity index (χ3n) is 14.2. The van der Waals surface area contributed by atoms with Gasteiger partial charge in [-0.2, -0.15) is 8.42 Å². The quantitative estimate of drug-likeness (QED) is 0.0659. The maximum atomic E-state index is 14.4. The second-order valence-corrected chi connectivity index (χ2v) is 22.2. The Morgan fingerprint density at radius 1 is 0.750 bits per heavy atom. The minimum atomic E-state index is -4.02. The number of aliphatic hydroxyl groups excluding tert-OH is 2. The van der Waals surface area contributed by atoms with E-state index >= 15 is 0 Å². The largest absolute Gasteiger partial charge is 0.508 e. The highest BCUT2D eigenvalue weighted by atomic mass is 32.2. The Hall–Kier alpha value is -7.22. The number of ether oxygens (including phenoxy) is 1. The van der Waals surface area contributed by atoms with Crippen molar-refractivity contribution in [2.75, 3.05) is 26.2 Å². The average molecular weight is 1130 g/mol. The van der Waals surface area contributed by atoms with Crippen molar-refractivity contribution < 1.29 is 66.6 Å². The van der Waals surface area contributed by atoms with E-state index in [-0.39, 0.29) is 74.4 Å². The van der Waals surface area contributed by atoms with Crippen LogP contribution in [-0.2, 0) is 45.3 Å². The summed E-state index contributed by atoms with van der Waals surface area (Å²) >= 11 is 0. The van der Waals surface area contributed by atoms with Crippen LogP contribution in [0.25, 0.3) is 10.8 Å². The predicted molar refractivity (Wildman–Crippen MR) is 295 cm³/mol. The third-order valence-corrected chi connectivity index (χ3v) is 15.1. The van der Waals surface area contributed by atoms with Crippen molar-refractivity contribution in [1.82, 2.24) is 36.4 Å². The lowest BCUT2D eigenvalue weighted by molar-refractivity contribution is -0.145. The van der Waals surface area contributed by atoms with Crippen molar-refractivity contribution in [3.63, 3.8) is 0 Å². The molecule has 13 N–H and O–H groups in total. The fourth-order valence-electron chi connectivity index (χ4n) is 9.73. The Bertz CT molecular complexity index is 2940. The number of amides is 7. The number of hydrogen-bond donors (Lipinski definition) is 11. The second kappa shape index (κ2) is 28.3. The third kappa shape index (κ3) is 16.9. The molecule has 0 saturated carbocycles. The van der Waals surface area contributed by atoms with E-state index in [0.29, 0.717) is 17.9 Å². The lowest BCUT2D eigenvalue weighted by atomic mass is 10.0. The molecule has 80 heavy (non-hydrogen) atoms. The maximum Gasteiger partial charge on any atom is 0.294 e. The molecule has 0 aromatic heterocycles. The van der Waals surface area contributed by atoms with Gasteiger partial charge in [0, 0.05) is 37.3 Å². The predicted octanol–water partition coefficient (Wildman–Crippen LogP) is 1.07. The van der Waals surface area contributed by atoms with Crippen LogP contribution in [0.3, 0.4) is 0 Å². The van der Waals surface area contributed by atoms with Gasteiger partial charge in [0.1, 0.15) is 47.8 Å². The van der Waals surface area contributed by atoms with Crippen LogP contribution >= 0.6 is 0 Å². The van der Waals surface area contributed by atoms with Crippen LogP contribution in [-0.4, -0.2) is 166 Å². The number of fused-ring (bicyclic) bond motifs is 3. The van der Waals surface area contributed by atoms with Crippen molar-refractivity contribution in [3.8, 4) is 11.5 Å². The second-order valence-electron chi connectivity index (χ2n) is 20.8. The average Bonchev–Trinajstić information content (AvgIpc) is 4.04. The summed E-state index contributed by atoms with van der Waals surface area (Å²) in [6.07, 6.45) is 0.327. The van der Waals surface area contributed by atoms with Gasteiger partial charge in [0.25, 0.3) is 16.0 Å². The van der Waals surface area contributed by atoms with E-state index in [1.54, 1.807) is 42.5 Å². The highest BCUT2D eigenvalue weighted by Gasteiger charge is 2.45. The number of aromatic hydroxyl groups is 1. The molecule has 0 aliphatic carbocycles. The lowest BCUT2D eigenvalue weighted by Gasteiger charge is -2.32. The zero-order chi connectivity index (χ0) is 58.4. The van der Waals surface area contributed by atoms with Crippen LogP contribution in [0.5, 0.6) is 11.5 Å². The molecule has 0 unspecified atom stereocenters. The van der Waals surface area contributed by atoms with Gasteiger partial charge in [0.2, 0.25) is 35.4 Å². The first kappa shape index (κ1) is 62.0. The van der Waals surface area contributed by atoms with Crippen molar-refractivity contribution in [1.29, 1.82) is 0 Å². The van der Waals surface area contributed by atoms with Gasteiger partial charge in [-0.3, -0.25) is 38.1 Å². The van der Waals surface area contributed by atoms with Crippen LogP contribution in [0, 0.1) is 6.92 Å². The molecule has 3 heterocycles. The number of unbranched alkanes of at least 4 members (excludes halogenated alkanes) is 2. The summed E-state index contributed by atoms with van der Waals surface area (Å²) in [6.45, 7) is 6.89. The molecule has 3 saturated heterocycles. The number of benzene rings is 4. The van der Waals surface area contributed by atoms with Crippen molar-refractivity contribution in [2.45, 2.75) is 151 Å². The molecule has 4 aromatic carbocycles. The molecule has 23 nitrogen and oxygen atoms in total. The van der Waals surface area contributed by atoms with Gasteiger partial charge in [0.05, 0.1) is 23.7 Å². The standard InChI is InChI=1S/C49H67N9O11.C7H8O3S/c1-4-5-6-20-69-36-17-14-30-21-32(13-12-31(30)22-36)43(62)53-37-8-7-19-52-46(65)39-23-33(50)25-57(39)48(67)41(27(2)59)56-45(64)38(18-11-29-9-15-35(61)16-10-29)54-47(66)40-24-34(51)26-58(40)49(68)42(28(3)60)55-44(37)63;1-6-2-4-7(5-3-6)11(8,9)10/h9-10,12-17,21-22,27-28,33-34,37-42,59-61H,4-8,11,18-20,23-26,50-51H2,1-3H3,(H,52,65)(H,53,62)(H,54,66)(H,55,63)(H,56,64);2-5H,1H3,(H,8,9,10)/t27-,28+,33-,34-,37-,38-,39-,40-,41-,42-;/m0./s1. The topological polar surface area (TPSA) is 362 Å². The molecule has 3 aliphatic rings. The van der Waals surface area contributed by atoms with E-state index in [4.69, 9.17) is 20.8 Å². The molecule has 0 bridgehead atoms. The number of carbonyl (C=O) groups is 7. The van der Waals surface area contributed by atoms with Crippen LogP contribution in [0.4, 0.5) is 0 Å². The highest BCUT2D eigenvalue weighted by molar-refractivity contribution is 7.85. The van der Waals surface area contributed by atoms with E-state index in [1.165, 1.54) is 43.0 Å². The minimum absolute atomic E-state index is 0.0168. The van der Waals surface area contributed by atoms with Crippen molar-refractivity contribution >= 4 is 62.2 Å². The van der Waals surface area contributed by atoms with Gasteiger partial charge in [-0.15, -0.1) is 0 Å². The Balaban J connectivity index is 0.000000836. The van der Waals surface area contributed by atoms with Gasteiger partial charge < -0.3 is 67.9 Å². The summed E-state index contributed by atoms with van der Waals surface area (Å²) in [5.41, 5.74) is 14.5. The first-order valence-corrected chi connectivity index (χ1v) is 28.3. The number of phenols is 1. The molecule has 4 aromatic rings. The number of aryl methyl sites for hydroxylation is 2. The number of carbonyl (C=O) groups excluding carboxylic acids is 7. The van der Waals surface area contributed by atoms with Crippen LogP contribution < -0.4 is 42.8 Å². The summed E-state index contributed by atoms with van der Waals surface area (Å²) in [4.78, 5) is 101. The fraction of sp³-hybridized carbons (Fsp3) is 0.482. The molecule has 10 atom stereocenters. The van der Waals surface area contributed by atoms with Gasteiger partial charge in [-0.25, -0.2) is 0 Å². The summed E-state index contributed by atoms with van der Waals surface area (Å²) in [6, 6.07) is 13.2. The van der Waals surface area contributed by atoms with Crippen molar-refractivity contribution in [3.05, 3.63) is 102 Å². The Morgan fingerprint density at radius 3 is 1.91 bits per heavy atom. The van der Waals surface area contributed by atoms with Gasteiger partial charge in [-0.1, -0.05) is 61.7 Å². The van der Waals surface area contributed by atoms with E-state index in [2.05, 4.69) is 33.5 Å². The van der Waals surface area contributed by atoms with E-state index < -0.39 is 112 Å². The number of phenolic OH excluding ortho intramolecular Hbond substituents is 1. The monoisotopic (exact) mass is 1130 g/mol. The summed E-state index contributed by atoms with van der Waals surface area (Å²) in [5.74, 6) is -4.58. The van der Waals surface area contributed by atoms with Crippen LogP contribution in [0.1, 0.15) is 93.6 Å². The van der Waals surface area contributed by atoms with Crippen LogP contribution in [0.2, 0.25) is 0 Å². The number of aliphatic hydroxyl groups is 2. The zero-order valence-corrected chi connectivity index (χ0v) is 46.2. The molecular formula is C56H75N9O14S. The summed E-state index contributed by atoms with van der Waals surface area (Å²) in [5, 5.41) is 46.7. The number of hydrogen-bond acceptors (Lipinski definition) is 15. The normalized spacial score (nSPS) is 24.4. The smallest absolute Gasteiger partial charge is 0.294 e. The molecule has 0 spiro atoms. The number of nitrogens with zero attached hydrogens (tertiary/aromatic N) is 2. The molecule has 3 fully saturated rings. The van der Waals surface area contributed by atoms with E-state index in [9.17, 15) is 57.3 Å². The van der Waals surface area contributed by atoms with Crippen molar-refractivity contribution in [2.24, 2.45) is 11.5 Å². The van der Waals surface area contributed by atoms with E-state index in [0.717, 1.165) is 40.5 Å². The molecular weight excluding hydrogens is 1050 g/mol. The SMILES string of the molecule is CCCCCOc1ccc2cc(C(=O)N[C@H]3CCCNC(=O)[C@@H]4C[C@H](N)CN4C(=O)[C@H]([C@H](C)O)NC(=O)[C@H](CCc4ccc(O)cc4)NC(=O)[C@@H]4C[C@H](N)CN4C(=O)[C@H]([C@@H](C)O)NC3=O)ccc2c1.Cc1ccc(S(=O)(=O)O)cc1. The molecule has 7 rings (SSSR count). The van der Waals surface area contributed by atoms with Gasteiger partial charge >= 0.3 is 0 Å². The zero-order valence-electron chi connectivity index (χ0n) is 45.4. The van der Waals surface area contributed by atoms with Gasteiger partial charge in [0.15, 0.2) is 0 Å². The summed E-state index contributed by atoms with van der Waals surface area (Å²) < 4.78 is 35.4. The fourth-order valence-corrected chi connectivity index (χ4v) is 10.2. The Labute approximate surface area is 465 Å². The first-order chi connectivity index (χ1) is 37.9. The number of nitrogens with two attached hydrogens (primary N) is 2. The van der Waals surface area contributed by atoms with E-state index in [1.807, 2.05) is 25.1 Å². The lowest BCUT2D eigenvalue weighted by Crippen LogP contribution is -2.61. The minimum Gasteiger partial charge on any atom is -0.508 e. The molecule has 0 radical (unpaired) electrons. The summed E-state index contributed by atoms with van der Waals surface area (Å²) in [7, 11) is -4.02. The maximum absolute atomic E-state index is 14.4. The van der Waals surface area contributed by atoms with Crippen LogP contribution in [0.15, 0.2) is 89.8 Å². The first-order valence-electron chi connectivity index (χ1n) is 26.9. The molecule has 3 aliphatic heterocycles. The number of nitrogens with one attached hydrogen (secondary N) is 5. The number of rotatable bonds is 13. The molecule has 24 heteroatoms.